The molecule has 2 atom stereocenters. The van der Waals surface area contributed by atoms with Gasteiger partial charge in [0, 0.05) is 22.6 Å². The molecule has 0 aliphatic carbocycles. The number of hydrogen-bond donors (Lipinski definition) is 1. The van der Waals surface area contributed by atoms with Gasteiger partial charge in [0.1, 0.15) is 18.4 Å². The minimum absolute atomic E-state index is 0.0290. The molecule has 2 amide bonds. The van der Waals surface area contributed by atoms with Crippen LogP contribution in [0.3, 0.4) is 0 Å². The number of hydrogen-bond acceptors (Lipinski definition) is 4. The molecule has 3 aromatic carbocycles. The quantitative estimate of drug-likeness (QED) is 0.255. The zero-order valence-corrected chi connectivity index (χ0v) is 25.7. The van der Waals surface area contributed by atoms with Gasteiger partial charge in [-0.1, -0.05) is 66.9 Å². The molecule has 11 heteroatoms. The number of carbonyl (C=O) groups is 2. The first kappa shape index (κ1) is 32.4. The van der Waals surface area contributed by atoms with Gasteiger partial charge in [0.15, 0.2) is 0 Å². The molecule has 0 aliphatic heterocycles. The van der Waals surface area contributed by atoms with E-state index in [0.29, 0.717) is 12.0 Å². The van der Waals surface area contributed by atoms with Crippen molar-refractivity contribution in [3.05, 3.63) is 93.7 Å². The number of rotatable bonds is 12. The summed E-state index contributed by atoms with van der Waals surface area (Å²) in [6, 6.07) is 15.0. The van der Waals surface area contributed by atoms with Gasteiger partial charge in [0.2, 0.25) is 11.8 Å². The van der Waals surface area contributed by atoms with Gasteiger partial charge >= 0.3 is 0 Å². The van der Waals surface area contributed by atoms with Crippen molar-refractivity contribution in [2.75, 3.05) is 10.8 Å². The van der Waals surface area contributed by atoms with Crippen LogP contribution in [-0.2, 0) is 26.2 Å². The highest BCUT2D eigenvalue weighted by atomic mass is 35.5. The van der Waals surface area contributed by atoms with Gasteiger partial charge in [0.05, 0.1) is 10.6 Å². The fourth-order valence-corrected chi connectivity index (χ4v) is 6.11. The Hall–Kier alpha value is -3.14. The summed E-state index contributed by atoms with van der Waals surface area (Å²) in [5.74, 6) is -1.44. The zero-order chi connectivity index (χ0) is 30.3. The maximum absolute atomic E-state index is 14.1. The molecule has 1 N–H and O–H groups in total. The molecular weight excluding hydrogens is 588 g/mol. The number of aryl methyl sites for hydroxylation is 1. The number of nitrogens with one attached hydrogen (secondary N) is 1. The number of sulfonamides is 1. The molecule has 0 spiro atoms. The summed E-state index contributed by atoms with van der Waals surface area (Å²) >= 11 is 12.4. The average Bonchev–Trinajstić information content (AvgIpc) is 2.92. The van der Waals surface area contributed by atoms with E-state index in [9.17, 15) is 22.4 Å². The van der Waals surface area contributed by atoms with E-state index in [2.05, 4.69) is 5.32 Å². The Morgan fingerprint density at radius 1 is 0.927 bits per heavy atom. The van der Waals surface area contributed by atoms with Crippen LogP contribution in [0.4, 0.5) is 10.1 Å². The molecule has 0 unspecified atom stereocenters. The average molecular weight is 623 g/mol. The minimum Gasteiger partial charge on any atom is -0.352 e. The van der Waals surface area contributed by atoms with Crippen molar-refractivity contribution < 1.29 is 22.4 Å². The van der Waals surface area contributed by atoms with E-state index >= 15 is 0 Å². The van der Waals surface area contributed by atoms with E-state index in [1.54, 1.807) is 19.1 Å². The lowest BCUT2D eigenvalue weighted by Crippen LogP contribution is -2.53. The Bertz CT molecular complexity index is 1450. The SMILES string of the molecule is CC[C@@H](C)NC(=O)[C@@H](CC)N(Cc1ccc(F)cc1)C(=O)CN(c1cc(Cl)cc(Cl)c1)S(=O)(=O)c1ccc(C)cc1. The van der Waals surface area contributed by atoms with Crippen molar-refractivity contribution in [3.8, 4) is 0 Å². The Balaban J connectivity index is 2.09. The number of carbonyl (C=O) groups excluding carboxylic acids is 2. The van der Waals surface area contributed by atoms with E-state index in [0.717, 1.165) is 9.87 Å². The molecule has 0 aromatic heterocycles. The highest BCUT2D eigenvalue weighted by Crippen LogP contribution is 2.30. The topological polar surface area (TPSA) is 86.8 Å². The molecule has 220 valence electrons. The molecule has 41 heavy (non-hydrogen) atoms. The summed E-state index contributed by atoms with van der Waals surface area (Å²) in [7, 11) is -4.27. The van der Waals surface area contributed by atoms with Gasteiger partial charge in [0.25, 0.3) is 10.0 Å². The smallest absolute Gasteiger partial charge is 0.264 e. The fraction of sp³-hybridized carbons (Fsp3) is 0.333. The van der Waals surface area contributed by atoms with Gasteiger partial charge in [-0.2, -0.15) is 0 Å². The Morgan fingerprint density at radius 3 is 2.05 bits per heavy atom. The minimum atomic E-state index is -4.27. The van der Waals surface area contributed by atoms with Gasteiger partial charge in [-0.3, -0.25) is 13.9 Å². The molecule has 0 bridgehead atoms. The summed E-state index contributed by atoms with van der Waals surface area (Å²) in [4.78, 5) is 28.7. The first-order valence-corrected chi connectivity index (χ1v) is 15.4. The molecule has 0 saturated heterocycles. The lowest BCUT2D eigenvalue weighted by molar-refractivity contribution is -0.140. The second-order valence-corrected chi connectivity index (χ2v) is 12.6. The van der Waals surface area contributed by atoms with Gasteiger partial charge in [-0.15, -0.1) is 0 Å². The Labute approximate surface area is 251 Å². The molecule has 0 fully saturated rings. The maximum Gasteiger partial charge on any atom is 0.264 e. The second kappa shape index (κ2) is 14.2. The molecule has 0 saturated carbocycles. The van der Waals surface area contributed by atoms with Crippen LogP contribution in [-0.4, -0.2) is 43.8 Å². The number of amides is 2. The third-order valence-corrected chi connectivity index (χ3v) is 8.90. The number of halogens is 3. The molecule has 0 radical (unpaired) electrons. The van der Waals surface area contributed by atoms with E-state index in [4.69, 9.17) is 23.2 Å². The Morgan fingerprint density at radius 2 is 1.51 bits per heavy atom. The van der Waals surface area contributed by atoms with Crippen LogP contribution in [0.2, 0.25) is 10.0 Å². The third-order valence-electron chi connectivity index (χ3n) is 6.68. The predicted molar refractivity (Wildman–Crippen MR) is 161 cm³/mol. The van der Waals surface area contributed by atoms with E-state index in [1.165, 1.54) is 59.5 Å². The Kier molecular flexibility index (Phi) is 11.2. The van der Waals surface area contributed by atoms with Gasteiger partial charge in [-0.25, -0.2) is 12.8 Å². The van der Waals surface area contributed by atoms with Crippen molar-refractivity contribution in [2.45, 2.75) is 64.1 Å². The van der Waals surface area contributed by atoms with Crippen LogP contribution in [0.25, 0.3) is 0 Å². The van der Waals surface area contributed by atoms with E-state index < -0.39 is 34.3 Å². The molecule has 3 aromatic rings. The molecular formula is C30H34Cl2FN3O4S. The van der Waals surface area contributed by atoms with Crippen LogP contribution in [0.1, 0.15) is 44.7 Å². The second-order valence-electron chi connectivity index (χ2n) is 9.84. The van der Waals surface area contributed by atoms with Crippen molar-refractivity contribution in [1.29, 1.82) is 0 Å². The lowest BCUT2D eigenvalue weighted by atomic mass is 10.1. The van der Waals surface area contributed by atoms with Gasteiger partial charge in [-0.05, 0) is 74.7 Å². The normalized spacial score (nSPS) is 12.9. The maximum atomic E-state index is 14.1. The van der Waals surface area contributed by atoms with Crippen molar-refractivity contribution >= 4 is 50.7 Å². The standard InChI is InChI=1S/C30H34Cl2FN3O4S/c1-5-21(4)34-30(38)28(6-2)35(18-22-9-11-25(33)12-10-22)29(37)19-36(26-16-23(31)15-24(32)17-26)41(39,40)27-13-7-20(3)8-14-27/h7-17,21,28H,5-6,18-19H2,1-4H3,(H,34,38)/t21-,28-/m1/s1. The third kappa shape index (κ3) is 8.44. The number of benzene rings is 3. The predicted octanol–water partition coefficient (Wildman–Crippen LogP) is 6.36. The van der Waals surface area contributed by atoms with E-state index in [1.807, 2.05) is 20.8 Å². The molecule has 3 rings (SSSR count). The van der Waals surface area contributed by atoms with Crippen LogP contribution in [0, 0.1) is 12.7 Å². The van der Waals surface area contributed by atoms with Crippen LogP contribution >= 0.6 is 23.2 Å². The number of anilines is 1. The van der Waals surface area contributed by atoms with E-state index in [-0.39, 0.29) is 45.5 Å². The fourth-order valence-electron chi connectivity index (χ4n) is 4.20. The molecule has 0 heterocycles. The summed E-state index contributed by atoms with van der Waals surface area (Å²) < 4.78 is 42.4. The highest BCUT2D eigenvalue weighted by Gasteiger charge is 2.34. The largest absolute Gasteiger partial charge is 0.352 e. The first-order valence-electron chi connectivity index (χ1n) is 13.3. The highest BCUT2D eigenvalue weighted by molar-refractivity contribution is 7.92. The zero-order valence-electron chi connectivity index (χ0n) is 23.4. The van der Waals surface area contributed by atoms with Crippen LogP contribution < -0.4 is 9.62 Å². The number of nitrogens with zero attached hydrogens (tertiary/aromatic N) is 2. The lowest BCUT2D eigenvalue weighted by Gasteiger charge is -2.33. The monoisotopic (exact) mass is 621 g/mol. The van der Waals surface area contributed by atoms with Gasteiger partial charge < -0.3 is 10.2 Å². The molecule has 7 nitrogen and oxygen atoms in total. The summed E-state index contributed by atoms with van der Waals surface area (Å²) in [5, 5.41) is 3.29. The van der Waals surface area contributed by atoms with Crippen LogP contribution in [0.15, 0.2) is 71.6 Å². The van der Waals surface area contributed by atoms with Crippen LogP contribution in [0.5, 0.6) is 0 Å². The van der Waals surface area contributed by atoms with Crippen molar-refractivity contribution in [3.63, 3.8) is 0 Å². The van der Waals surface area contributed by atoms with Crippen molar-refractivity contribution in [2.24, 2.45) is 0 Å². The summed E-state index contributed by atoms with van der Waals surface area (Å²) in [6.07, 6.45) is 0.953. The first-order chi connectivity index (χ1) is 19.3. The van der Waals surface area contributed by atoms with Crippen molar-refractivity contribution in [1.82, 2.24) is 10.2 Å². The summed E-state index contributed by atoms with van der Waals surface area (Å²) in [6.45, 7) is 6.70. The molecule has 0 aliphatic rings. The summed E-state index contributed by atoms with van der Waals surface area (Å²) in [5.41, 5.74) is 1.53.